The SMILES string of the molecule is CCCC(=NC)C(Cl)=C(N)C(=O)Nc1ccc([C@H]2O[C@@H]3CN[C@H]2C3)cc1. The molecule has 26 heavy (non-hydrogen) atoms. The number of fused-ring (bicyclic) bond motifs is 2. The lowest BCUT2D eigenvalue weighted by Gasteiger charge is -2.23. The van der Waals surface area contributed by atoms with E-state index in [-0.39, 0.29) is 16.8 Å². The highest BCUT2D eigenvalue weighted by molar-refractivity contribution is 6.45. The van der Waals surface area contributed by atoms with Crippen molar-refractivity contribution >= 4 is 28.9 Å². The van der Waals surface area contributed by atoms with Gasteiger partial charge in [0.05, 0.1) is 23.0 Å². The van der Waals surface area contributed by atoms with Gasteiger partial charge in [0.15, 0.2) is 0 Å². The average molecular weight is 377 g/mol. The summed E-state index contributed by atoms with van der Waals surface area (Å²) in [5, 5.41) is 6.45. The van der Waals surface area contributed by atoms with Crippen LogP contribution in [0.1, 0.15) is 37.9 Å². The first-order valence-corrected chi connectivity index (χ1v) is 9.32. The predicted octanol–water partition coefficient (Wildman–Crippen LogP) is 2.71. The van der Waals surface area contributed by atoms with Crippen LogP contribution < -0.4 is 16.4 Å². The van der Waals surface area contributed by atoms with E-state index in [0.29, 0.717) is 30.0 Å². The Balaban J connectivity index is 1.66. The molecule has 2 fully saturated rings. The summed E-state index contributed by atoms with van der Waals surface area (Å²) < 4.78 is 5.99. The molecule has 2 bridgehead atoms. The molecule has 4 N–H and O–H groups in total. The third kappa shape index (κ3) is 3.92. The van der Waals surface area contributed by atoms with E-state index in [1.807, 2.05) is 31.2 Å². The van der Waals surface area contributed by atoms with E-state index in [4.69, 9.17) is 22.1 Å². The Morgan fingerprint density at radius 1 is 1.42 bits per heavy atom. The van der Waals surface area contributed by atoms with Crippen molar-refractivity contribution in [3.05, 3.63) is 40.6 Å². The molecule has 0 aliphatic carbocycles. The van der Waals surface area contributed by atoms with Crippen LogP contribution in [0, 0.1) is 0 Å². The molecule has 6 nitrogen and oxygen atoms in total. The van der Waals surface area contributed by atoms with Crippen molar-refractivity contribution in [2.45, 2.75) is 44.4 Å². The van der Waals surface area contributed by atoms with Crippen molar-refractivity contribution < 1.29 is 9.53 Å². The summed E-state index contributed by atoms with van der Waals surface area (Å²) in [6.45, 7) is 2.95. The number of aliphatic imine (C=N–C) groups is 1. The minimum atomic E-state index is -0.433. The molecule has 1 aromatic carbocycles. The number of halogens is 1. The number of benzene rings is 1. The number of nitrogens with two attached hydrogens (primary N) is 1. The van der Waals surface area contributed by atoms with Gasteiger partial charge in [0.1, 0.15) is 5.70 Å². The first-order chi connectivity index (χ1) is 12.5. The van der Waals surface area contributed by atoms with Gasteiger partial charge in [-0.05, 0) is 30.5 Å². The number of hydrogen-bond donors (Lipinski definition) is 3. The second-order valence-corrected chi connectivity index (χ2v) is 7.03. The maximum Gasteiger partial charge on any atom is 0.273 e. The number of carbonyl (C=O) groups excluding carboxylic acids is 1. The quantitative estimate of drug-likeness (QED) is 0.526. The Kier molecular flexibility index (Phi) is 5.96. The maximum atomic E-state index is 12.4. The summed E-state index contributed by atoms with van der Waals surface area (Å²) in [5.74, 6) is -0.433. The lowest BCUT2D eigenvalue weighted by atomic mass is 10.0. The second kappa shape index (κ2) is 8.20. The molecule has 1 aromatic rings. The van der Waals surface area contributed by atoms with E-state index in [2.05, 4.69) is 15.6 Å². The van der Waals surface area contributed by atoms with Crippen LogP contribution >= 0.6 is 11.6 Å². The van der Waals surface area contributed by atoms with Crippen LogP contribution in [0.5, 0.6) is 0 Å². The van der Waals surface area contributed by atoms with Crippen LogP contribution in [-0.4, -0.2) is 37.4 Å². The number of rotatable bonds is 6. The number of ether oxygens (including phenoxy) is 1. The molecule has 2 heterocycles. The van der Waals surface area contributed by atoms with Crippen molar-refractivity contribution in [3.63, 3.8) is 0 Å². The summed E-state index contributed by atoms with van der Waals surface area (Å²) in [4.78, 5) is 16.5. The van der Waals surface area contributed by atoms with Gasteiger partial charge in [-0.3, -0.25) is 9.79 Å². The molecular formula is C19H25ClN4O2. The Hall–Kier alpha value is -1.89. The fourth-order valence-electron chi connectivity index (χ4n) is 3.45. The Morgan fingerprint density at radius 3 is 2.69 bits per heavy atom. The standard InChI is InChI=1S/C19H25ClN4O2/c1-3-4-14(22-2)16(20)17(21)19(25)24-12-7-5-11(6-8-12)18-15-9-13(26-18)10-23-15/h5-8,13,15,18,23H,3-4,9-10,21H2,1-2H3,(H,24,25)/t13-,15-,18+/m0/s1. The molecule has 1 amide bonds. The summed E-state index contributed by atoms with van der Waals surface area (Å²) >= 11 is 6.22. The van der Waals surface area contributed by atoms with Gasteiger partial charge in [-0.15, -0.1) is 0 Å². The third-order valence-corrected chi connectivity index (χ3v) is 5.24. The average Bonchev–Trinajstić information content (AvgIpc) is 3.29. The van der Waals surface area contributed by atoms with E-state index < -0.39 is 5.91 Å². The third-order valence-electron chi connectivity index (χ3n) is 4.82. The number of carbonyl (C=O) groups is 1. The molecule has 0 spiro atoms. The largest absolute Gasteiger partial charge is 0.393 e. The number of amides is 1. The molecule has 0 aromatic heterocycles. The summed E-state index contributed by atoms with van der Waals surface area (Å²) in [7, 11) is 1.64. The monoisotopic (exact) mass is 376 g/mol. The van der Waals surface area contributed by atoms with E-state index in [1.165, 1.54) is 0 Å². The Labute approximate surface area is 158 Å². The number of hydrogen-bond acceptors (Lipinski definition) is 5. The van der Waals surface area contributed by atoms with Gasteiger partial charge in [-0.2, -0.15) is 0 Å². The number of allylic oxidation sites excluding steroid dienone is 1. The summed E-state index contributed by atoms with van der Waals surface area (Å²) in [5.41, 5.74) is 8.29. The Bertz CT molecular complexity index is 730. The Morgan fingerprint density at radius 2 is 2.15 bits per heavy atom. The highest BCUT2D eigenvalue weighted by Gasteiger charge is 2.41. The molecule has 0 radical (unpaired) electrons. The van der Waals surface area contributed by atoms with Gasteiger partial charge in [0.2, 0.25) is 0 Å². The van der Waals surface area contributed by atoms with Crippen LogP contribution in [0.4, 0.5) is 5.69 Å². The van der Waals surface area contributed by atoms with Gasteiger partial charge < -0.3 is 21.1 Å². The first-order valence-electron chi connectivity index (χ1n) is 8.95. The van der Waals surface area contributed by atoms with Crippen LogP contribution in [0.3, 0.4) is 0 Å². The van der Waals surface area contributed by atoms with Crippen LogP contribution in [-0.2, 0) is 9.53 Å². The number of nitrogens with zero attached hydrogens (tertiary/aromatic N) is 1. The zero-order valence-corrected chi connectivity index (χ0v) is 15.8. The molecule has 3 atom stereocenters. The minimum Gasteiger partial charge on any atom is -0.393 e. The topological polar surface area (TPSA) is 88.7 Å². The van der Waals surface area contributed by atoms with Crippen molar-refractivity contribution in [2.75, 3.05) is 18.9 Å². The van der Waals surface area contributed by atoms with E-state index in [1.54, 1.807) is 7.05 Å². The molecule has 140 valence electrons. The lowest BCUT2D eigenvalue weighted by molar-refractivity contribution is -0.112. The molecular weight excluding hydrogens is 352 g/mol. The van der Waals surface area contributed by atoms with Gasteiger partial charge >= 0.3 is 0 Å². The molecule has 2 saturated heterocycles. The number of nitrogens with one attached hydrogen (secondary N) is 2. The normalized spacial score (nSPS) is 26.0. The van der Waals surface area contributed by atoms with Crippen LogP contribution in [0.2, 0.25) is 0 Å². The molecule has 0 unspecified atom stereocenters. The van der Waals surface area contributed by atoms with Crippen molar-refractivity contribution in [3.8, 4) is 0 Å². The lowest BCUT2D eigenvalue weighted by Crippen LogP contribution is -2.33. The van der Waals surface area contributed by atoms with Crippen LogP contribution in [0.25, 0.3) is 0 Å². The fourth-order valence-corrected chi connectivity index (χ4v) is 3.71. The van der Waals surface area contributed by atoms with Gasteiger partial charge in [-0.25, -0.2) is 0 Å². The highest BCUT2D eigenvalue weighted by atomic mass is 35.5. The van der Waals surface area contributed by atoms with Crippen molar-refractivity contribution in [1.82, 2.24) is 5.32 Å². The summed E-state index contributed by atoms with van der Waals surface area (Å²) in [6, 6.07) is 8.03. The first kappa shape index (κ1) is 18.9. The zero-order valence-electron chi connectivity index (χ0n) is 15.1. The zero-order chi connectivity index (χ0) is 18.7. The van der Waals surface area contributed by atoms with Gasteiger partial charge in [0, 0.05) is 25.3 Å². The van der Waals surface area contributed by atoms with E-state index in [9.17, 15) is 4.79 Å². The highest BCUT2D eigenvalue weighted by Crippen LogP contribution is 2.37. The van der Waals surface area contributed by atoms with Crippen molar-refractivity contribution in [1.29, 1.82) is 0 Å². The molecule has 3 rings (SSSR count). The van der Waals surface area contributed by atoms with Gasteiger partial charge in [0.25, 0.3) is 5.91 Å². The minimum absolute atomic E-state index is 0.0228. The molecule has 2 aliphatic heterocycles. The van der Waals surface area contributed by atoms with Crippen LogP contribution in [0.15, 0.2) is 40.0 Å². The fraction of sp³-hybridized carbons (Fsp3) is 0.474. The molecule has 7 heteroatoms. The molecule has 2 aliphatic rings. The van der Waals surface area contributed by atoms with E-state index in [0.717, 1.165) is 24.9 Å². The maximum absolute atomic E-state index is 12.4. The number of morpholine rings is 1. The summed E-state index contributed by atoms with van der Waals surface area (Å²) in [6.07, 6.45) is 3.00. The molecule has 0 saturated carbocycles. The van der Waals surface area contributed by atoms with Crippen molar-refractivity contribution in [2.24, 2.45) is 10.7 Å². The van der Waals surface area contributed by atoms with E-state index >= 15 is 0 Å². The number of anilines is 1. The second-order valence-electron chi connectivity index (χ2n) is 6.65. The predicted molar refractivity (Wildman–Crippen MR) is 104 cm³/mol. The smallest absolute Gasteiger partial charge is 0.273 e. The van der Waals surface area contributed by atoms with Gasteiger partial charge in [-0.1, -0.05) is 37.1 Å².